The van der Waals surface area contributed by atoms with Gasteiger partial charge in [-0.1, -0.05) is 15.9 Å². The van der Waals surface area contributed by atoms with Crippen molar-refractivity contribution >= 4 is 27.7 Å². The Labute approximate surface area is 122 Å². The van der Waals surface area contributed by atoms with Crippen molar-refractivity contribution in [2.75, 3.05) is 13.7 Å². The number of thioether (sulfide) groups is 1. The predicted molar refractivity (Wildman–Crippen MR) is 81.9 cm³/mol. The van der Waals surface area contributed by atoms with E-state index in [0.29, 0.717) is 0 Å². The molecule has 0 fully saturated rings. The first kappa shape index (κ1) is 15.9. The highest BCUT2D eigenvalue weighted by molar-refractivity contribution is 9.10. The Kier molecular flexibility index (Phi) is 5.15. The molecule has 0 bridgehead atoms. The van der Waals surface area contributed by atoms with Crippen LogP contribution in [-0.2, 0) is 0 Å². The van der Waals surface area contributed by atoms with E-state index >= 15 is 0 Å². The molecule has 0 saturated heterocycles. The first-order valence-corrected chi connectivity index (χ1v) is 7.49. The molecular formula is C14H21BrO2S. The highest BCUT2D eigenvalue weighted by Gasteiger charge is 2.24. The second kappa shape index (κ2) is 5.85. The second-order valence-electron chi connectivity index (χ2n) is 5.07. The Morgan fingerprint density at radius 2 is 1.72 bits per heavy atom. The molecule has 0 heterocycles. The summed E-state index contributed by atoms with van der Waals surface area (Å²) in [6.07, 6.45) is 0. The van der Waals surface area contributed by atoms with Crippen LogP contribution in [-0.4, -0.2) is 23.6 Å². The summed E-state index contributed by atoms with van der Waals surface area (Å²) in [5.74, 6) is 0.916. The van der Waals surface area contributed by atoms with Crippen molar-refractivity contribution in [3.8, 4) is 5.75 Å². The Balaban J connectivity index is 3.43. The molecule has 1 aromatic rings. The van der Waals surface area contributed by atoms with E-state index in [0.717, 1.165) is 20.7 Å². The van der Waals surface area contributed by atoms with E-state index in [2.05, 4.69) is 36.7 Å². The van der Waals surface area contributed by atoms with Crippen molar-refractivity contribution in [3.05, 3.63) is 21.2 Å². The summed E-state index contributed by atoms with van der Waals surface area (Å²) in [6.45, 7) is 10.4. The summed E-state index contributed by atoms with van der Waals surface area (Å²) in [7, 11) is 1.70. The van der Waals surface area contributed by atoms with Gasteiger partial charge in [-0.3, -0.25) is 0 Å². The van der Waals surface area contributed by atoms with Crippen LogP contribution in [0.25, 0.3) is 0 Å². The summed E-state index contributed by atoms with van der Waals surface area (Å²) >= 11 is 5.30. The third-order valence-electron chi connectivity index (χ3n) is 3.07. The number of aliphatic hydroxyl groups is 1. The Bertz CT molecular complexity index is 456. The van der Waals surface area contributed by atoms with Crippen molar-refractivity contribution in [3.63, 3.8) is 0 Å². The van der Waals surface area contributed by atoms with Crippen LogP contribution < -0.4 is 4.74 Å². The van der Waals surface area contributed by atoms with Crippen molar-refractivity contribution in [1.29, 1.82) is 0 Å². The minimum absolute atomic E-state index is 0.130. The molecule has 18 heavy (non-hydrogen) atoms. The summed E-state index contributed by atoms with van der Waals surface area (Å²) in [4.78, 5) is 1.10. The number of aliphatic hydroxyl groups excluding tert-OH is 1. The normalized spacial score (nSPS) is 11.8. The van der Waals surface area contributed by atoms with Gasteiger partial charge in [-0.05, 0) is 51.3 Å². The van der Waals surface area contributed by atoms with Crippen molar-refractivity contribution in [1.82, 2.24) is 0 Å². The number of hydrogen-bond donors (Lipinski definition) is 1. The van der Waals surface area contributed by atoms with E-state index in [1.807, 2.05) is 13.8 Å². The minimum atomic E-state index is -0.223. The molecule has 102 valence electrons. The lowest BCUT2D eigenvalue weighted by Crippen LogP contribution is -2.20. The highest BCUT2D eigenvalue weighted by atomic mass is 79.9. The zero-order valence-electron chi connectivity index (χ0n) is 11.8. The second-order valence-corrected chi connectivity index (χ2v) is 7.58. The SMILES string of the molecule is COc1c(C)c(C)c(Br)c(C)c1SC(C)(C)CO. The third-order valence-corrected chi connectivity index (χ3v) is 5.64. The number of benzene rings is 1. The highest BCUT2D eigenvalue weighted by Crippen LogP contribution is 2.45. The summed E-state index contributed by atoms with van der Waals surface area (Å²) < 4.78 is 6.46. The maximum absolute atomic E-state index is 9.43. The summed E-state index contributed by atoms with van der Waals surface area (Å²) in [5, 5.41) is 9.43. The van der Waals surface area contributed by atoms with Crippen LogP contribution in [0.4, 0.5) is 0 Å². The van der Waals surface area contributed by atoms with Gasteiger partial charge in [0.1, 0.15) is 5.75 Å². The molecule has 0 aliphatic heterocycles. The van der Waals surface area contributed by atoms with Gasteiger partial charge < -0.3 is 9.84 Å². The lowest BCUT2D eigenvalue weighted by Gasteiger charge is -2.25. The standard InChI is InChI=1S/C14H21BrO2S/c1-8-9(2)12(17-6)13(10(3)11(8)15)18-14(4,5)7-16/h16H,7H2,1-6H3. The van der Waals surface area contributed by atoms with Crippen LogP contribution in [0.1, 0.15) is 30.5 Å². The van der Waals surface area contributed by atoms with Gasteiger partial charge in [-0.25, -0.2) is 0 Å². The van der Waals surface area contributed by atoms with Crippen LogP contribution in [0.3, 0.4) is 0 Å². The molecule has 0 unspecified atom stereocenters. The van der Waals surface area contributed by atoms with Crippen molar-refractivity contribution in [2.45, 2.75) is 44.3 Å². The first-order chi connectivity index (χ1) is 8.25. The molecular weight excluding hydrogens is 312 g/mol. The average molecular weight is 333 g/mol. The molecule has 0 aromatic heterocycles. The number of hydrogen-bond acceptors (Lipinski definition) is 3. The van der Waals surface area contributed by atoms with Crippen LogP contribution in [0.2, 0.25) is 0 Å². The van der Waals surface area contributed by atoms with Crippen LogP contribution >= 0.6 is 27.7 Å². The topological polar surface area (TPSA) is 29.5 Å². The fourth-order valence-corrected chi connectivity index (χ4v) is 3.56. The van der Waals surface area contributed by atoms with Gasteiger partial charge in [-0.2, -0.15) is 0 Å². The molecule has 1 rings (SSSR count). The monoisotopic (exact) mass is 332 g/mol. The molecule has 1 N–H and O–H groups in total. The molecule has 0 amide bonds. The van der Waals surface area contributed by atoms with Gasteiger partial charge in [0.05, 0.1) is 18.6 Å². The molecule has 0 saturated carbocycles. The fourth-order valence-electron chi connectivity index (χ4n) is 1.73. The lowest BCUT2D eigenvalue weighted by atomic mass is 10.1. The summed E-state index contributed by atoms with van der Waals surface area (Å²) in [5.41, 5.74) is 3.52. The number of halogens is 1. The number of rotatable bonds is 4. The maximum atomic E-state index is 9.43. The Hall–Kier alpha value is -0.190. The zero-order valence-corrected chi connectivity index (χ0v) is 14.3. The smallest absolute Gasteiger partial charge is 0.135 e. The molecule has 2 nitrogen and oxygen atoms in total. The van der Waals surface area contributed by atoms with E-state index in [1.54, 1.807) is 18.9 Å². The Morgan fingerprint density at radius 3 is 2.17 bits per heavy atom. The van der Waals surface area contributed by atoms with E-state index in [9.17, 15) is 5.11 Å². The average Bonchev–Trinajstić information content (AvgIpc) is 2.33. The molecule has 0 aliphatic rings. The maximum Gasteiger partial charge on any atom is 0.135 e. The van der Waals surface area contributed by atoms with E-state index < -0.39 is 0 Å². The van der Waals surface area contributed by atoms with Crippen LogP contribution in [0.5, 0.6) is 5.75 Å². The van der Waals surface area contributed by atoms with Crippen molar-refractivity contribution < 1.29 is 9.84 Å². The Morgan fingerprint density at radius 1 is 1.17 bits per heavy atom. The van der Waals surface area contributed by atoms with E-state index in [1.165, 1.54) is 11.1 Å². The van der Waals surface area contributed by atoms with Crippen LogP contribution in [0, 0.1) is 20.8 Å². The van der Waals surface area contributed by atoms with Gasteiger partial charge in [-0.15, -0.1) is 11.8 Å². The van der Waals surface area contributed by atoms with Gasteiger partial charge in [0, 0.05) is 9.22 Å². The lowest BCUT2D eigenvalue weighted by molar-refractivity contribution is 0.265. The number of ether oxygens (including phenoxy) is 1. The molecule has 4 heteroatoms. The van der Waals surface area contributed by atoms with Gasteiger partial charge >= 0.3 is 0 Å². The fraction of sp³-hybridized carbons (Fsp3) is 0.571. The van der Waals surface area contributed by atoms with Crippen LogP contribution in [0.15, 0.2) is 9.37 Å². The molecule has 0 spiro atoms. The zero-order chi connectivity index (χ0) is 14.1. The molecule has 0 atom stereocenters. The van der Waals surface area contributed by atoms with E-state index in [-0.39, 0.29) is 11.4 Å². The molecule has 1 aromatic carbocycles. The molecule has 0 radical (unpaired) electrons. The summed E-state index contributed by atoms with van der Waals surface area (Å²) in [6, 6.07) is 0. The van der Waals surface area contributed by atoms with Gasteiger partial charge in [0.2, 0.25) is 0 Å². The predicted octanol–water partition coefficient (Wildman–Crippen LogP) is 4.25. The van der Waals surface area contributed by atoms with Gasteiger partial charge in [0.25, 0.3) is 0 Å². The minimum Gasteiger partial charge on any atom is -0.495 e. The van der Waals surface area contributed by atoms with Crippen molar-refractivity contribution in [2.24, 2.45) is 0 Å². The molecule has 0 aliphatic carbocycles. The largest absolute Gasteiger partial charge is 0.495 e. The number of methoxy groups -OCH3 is 1. The first-order valence-electron chi connectivity index (χ1n) is 5.88. The quantitative estimate of drug-likeness (QED) is 0.836. The third kappa shape index (κ3) is 3.03. The van der Waals surface area contributed by atoms with Gasteiger partial charge in [0.15, 0.2) is 0 Å². The van der Waals surface area contributed by atoms with E-state index in [4.69, 9.17) is 4.74 Å².